The average Bonchev–Trinajstić information content (AvgIpc) is 2.38. The predicted octanol–water partition coefficient (Wildman–Crippen LogP) is 2.97. The van der Waals surface area contributed by atoms with E-state index in [1.165, 1.54) is 23.5 Å². The molecule has 5 heteroatoms. The van der Waals surface area contributed by atoms with Crippen LogP contribution in [0.3, 0.4) is 0 Å². The largest absolute Gasteiger partial charge is 0.351 e. The van der Waals surface area contributed by atoms with Gasteiger partial charge in [-0.05, 0) is 49.1 Å². The van der Waals surface area contributed by atoms with Gasteiger partial charge < -0.3 is 16.4 Å². The zero-order valence-electron chi connectivity index (χ0n) is 11.6. The minimum Gasteiger partial charge on any atom is -0.351 e. The molecule has 1 rings (SSSR count). The third-order valence-electron chi connectivity index (χ3n) is 2.80. The lowest BCUT2D eigenvalue weighted by Crippen LogP contribution is -2.21. The van der Waals surface area contributed by atoms with E-state index < -0.39 is 6.03 Å². The molecule has 0 aliphatic heterocycles. The van der Waals surface area contributed by atoms with E-state index in [1.807, 2.05) is 36.0 Å². The molecule has 0 aliphatic rings. The number of amides is 2. The van der Waals surface area contributed by atoms with E-state index >= 15 is 0 Å². The molecule has 4 nitrogen and oxygen atoms in total. The zero-order valence-corrected chi connectivity index (χ0v) is 12.4. The maximum absolute atomic E-state index is 10.7. The van der Waals surface area contributed by atoms with Gasteiger partial charge in [0.2, 0.25) is 0 Å². The molecule has 19 heavy (non-hydrogen) atoms. The Labute approximate surface area is 119 Å². The molecular weight excluding hydrogens is 258 g/mol. The molecule has 0 aliphatic carbocycles. The van der Waals surface area contributed by atoms with Gasteiger partial charge in [0.25, 0.3) is 0 Å². The van der Waals surface area contributed by atoms with Crippen molar-refractivity contribution >= 4 is 23.5 Å². The number of urea groups is 1. The molecule has 0 aromatic heterocycles. The SMILES string of the molecule is CCSCCCNC(C)c1ccc(NC(N)=O)cc1. The summed E-state index contributed by atoms with van der Waals surface area (Å²) in [5.41, 5.74) is 7.00. The smallest absolute Gasteiger partial charge is 0.316 e. The topological polar surface area (TPSA) is 67.2 Å². The van der Waals surface area contributed by atoms with E-state index in [2.05, 4.69) is 24.5 Å². The van der Waals surface area contributed by atoms with Gasteiger partial charge in [-0.15, -0.1) is 0 Å². The van der Waals surface area contributed by atoms with Crippen LogP contribution < -0.4 is 16.4 Å². The van der Waals surface area contributed by atoms with Gasteiger partial charge in [0, 0.05) is 11.7 Å². The molecule has 4 N–H and O–H groups in total. The molecular formula is C14H23N3OS. The standard InChI is InChI=1S/C14H23N3OS/c1-3-19-10-4-9-16-11(2)12-5-7-13(8-6-12)17-14(15)18/h5-8,11,16H,3-4,9-10H2,1-2H3,(H3,15,17,18). The van der Waals surface area contributed by atoms with Crippen molar-refractivity contribution in [2.24, 2.45) is 5.73 Å². The second-order valence-corrected chi connectivity index (χ2v) is 5.73. The molecule has 0 saturated carbocycles. The number of hydrogen-bond acceptors (Lipinski definition) is 3. The van der Waals surface area contributed by atoms with E-state index in [4.69, 9.17) is 5.73 Å². The average molecular weight is 281 g/mol. The number of carbonyl (C=O) groups is 1. The summed E-state index contributed by atoms with van der Waals surface area (Å²) in [6.07, 6.45) is 1.18. The Morgan fingerprint density at radius 1 is 1.37 bits per heavy atom. The molecule has 1 unspecified atom stereocenters. The lowest BCUT2D eigenvalue weighted by molar-refractivity contribution is 0.259. The van der Waals surface area contributed by atoms with Gasteiger partial charge in [-0.1, -0.05) is 19.1 Å². The summed E-state index contributed by atoms with van der Waals surface area (Å²) >= 11 is 1.97. The van der Waals surface area contributed by atoms with Crippen molar-refractivity contribution in [3.63, 3.8) is 0 Å². The highest BCUT2D eigenvalue weighted by Gasteiger charge is 2.04. The Morgan fingerprint density at radius 2 is 2.05 bits per heavy atom. The highest BCUT2D eigenvalue weighted by atomic mass is 32.2. The maximum Gasteiger partial charge on any atom is 0.316 e. The lowest BCUT2D eigenvalue weighted by atomic mass is 10.1. The van der Waals surface area contributed by atoms with Crippen LogP contribution in [0.5, 0.6) is 0 Å². The van der Waals surface area contributed by atoms with E-state index in [9.17, 15) is 4.79 Å². The molecule has 1 aromatic carbocycles. The van der Waals surface area contributed by atoms with Gasteiger partial charge in [-0.3, -0.25) is 0 Å². The van der Waals surface area contributed by atoms with Crippen molar-refractivity contribution in [1.29, 1.82) is 0 Å². The first kappa shape index (κ1) is 15.9. The van der Waals surface area contributed by atoms with Crippen molar-refractivity contribution in [2.45, 2.75) is 26.3 Å². The fourth-order valence-electron chi connectivity index (χ4n) is 1.75. The van der Waals surface area contributed by atoms with Crippen LogP contribution in [0, 0.1) is 0 Å². The number of primary amides is 1. The maximum atomic E-state index is 10.7. The molecule has 1 atom stereocenters. The first-order valence-corrected chi connectivity index (χ1v) is 7.76. The molecule has 0 spiro atoms. The molecule has 0 saturated heterocycles. The number of rotatable bonds is 8. The van der Waals surface area contributed by atoms with Gasteiger partial charge in [0.1, 0.15) is 0 Å². The van der Waals surface area contributed by atoms with Gasteiger partial charge in [0.05, 0.1) is 0 Å². The summed E-state index contributed by atoms with van der Waals surface area (Å²) in [6.45, 7) is 5.35. The van der Waals surface area contributed by atoms with Crippen molar-refractivity contribution < 1.29 is 4.79 Å². The minimum absolute atomic E-state index is 0.314. The van der Waals surface area contributed by atoms with Crippen LogP contribution in [0.25, 0.3) is 0 Å². The Hall–Kier alpha value is -1.20. The fourth-order valence-corrected chi connectivity index (χ4v) is 2.39. The Kier molecular flexibility index (Phi) is 7.36. The number of carbonyl (C=O) groups excluding carboxylic acids is 1. The molecule has 106 valence electrons. The highest BCUT2D eigenvalue weighted by Crippen LogP contribution is 2.16. The van der Waals surface area contributed by atoms with Gasteiger partial charge in [0.15, 0.2) is 0 Å². The Bertz CT molecular complexity index is 381. The van der Waals surface area contributed by atoms with Crippen LogP contribution in [0.15, 0.2) is 24.3 Å². The highest BCUT2D eigenvalue weighted by molar-refractivity contribution is 7.99. The van der Waals surface area contributed by atoms with Crippen LogP contribution in [-0.4, -0.2) is 24.1 Å². The molecule has 0 bridgehead atoms. The predicted molar refractivity (Wildman–Crippen MR) is 83.7 cm³/mol. The summed E-state index contributed by atoms with van der Waals surface area (Å²) in [4.78, 5) is 10.7. The first-order chi connectivity index (χ1) is 9.13. The summed E-state index contributed by atoms with van der Waals surface area (Å²) in [7, 11) is 0. The fraction of sp³-hybridized carbons (Fsp3) is 0.500. The number of benzene rings is 1. The number of thioether (sulfide) groups is 1. The van der Waals surface area contributed by atoms with Crippen LogP contribution >= 0.6 is 11.8 Å². The normalized spacial score (nSPS) is 12.1. The first-order valence-electron chi connectivity index (χ1n) is 6.61. The number of anilines is 1. The summed E-state index contributed by atoms with van der Waals surface area (Å²) in [6, 6.07) is 7.52. The summed E-state index contributed by atoms with van der Waals surface area (Å²) in [5, 5.41) is 6.05. The monoisotopic (exact) mass is 281 g/mol. The minimum atomic E-state index is -0.535. The summed E-state index contributed by atoms with van der Waals surface area (Å²) in [5.74, 6) is 2.39. The van der Waals surface area contributed by atoms with E-state index in [-0.39, 0.29) is 0 Å². The zero-order chi connectivity index (χ0) is 14.1. The second-order valence-electron chi connectivity index (χ2n) is 4.34. The molecule has 1 aromatic rings. The quantitative estimate of drug-likeness (QED) is 0.642. The van der Waals surface area contributed by atoms with Gasteiger partial charge >= 0.3 is 6.03 Å². The Morgan fingerprint density at radius 3 is 2.63 bits per heavy atom. The van der Waals surface area contributed by atoms with Gasteiger partial charge in [-0.2, -0.15) is 11.8 Å². The third-order valence-corrected chi connectivity index (χ3v) is 3.78. The van der Waals surface area contributed by atoms with Crippen LogP contribution in [0.1, 0.15) is 31.9 Å². The number of nitrogens with one attached hydrogen (secondary N) is 2. The van der Waals surface area contributed by atoms with E-state index in [0.717, 1.165) is 12.2 Å². The van der Waals surface area contributed by atoms with Crippen LogP contribution in [0.2, 0.25) is 0 Å². The third kappa shape index (κ3) is 6.50. The number of hydrogen-bond donors (Lipinski definition) is 3. The van der Waals surface area contributed by atoms with Crippen molar-refractivity contribution in [2.75, 3.05) is 23.4 Å². The van der Waals surface area contributed by atoms with Crippen LogP contribution in [0.4, 0.5) is 10.5 Å². The second kappa shape index (κ2) is 8.82. The van der Waals surface area contributed by atoms with Gasteiger partial charge in [-0.25, -0.2) is 4.79 Å². The molecule has 0 radical (unpaired) electrons. The Balaban J connectivity index is 2.35. The molecule has 0 fully saturated rings. The number of nitrogens with two attached hydrogens (primary N) is 1. The van der Waals surface area contributed by atoms with Crippen molar-refractivity contribution in [3.05, 3.63) is 29.8 Å². The lowest BCUT2D eigenvalue weighted by Gasteiger charge is -2.14. The van der Waals surface area contributed by atoms with Crippen molar-refractivity contribution in [1.82, 2.24) is 5.32 Å². The van der Waals surface area contributed by atoms with E-state index in [0.29, 0.717) is 6.04 Å². The van der Waals surface area contributed by atoms with Crippen molar-refractivity contribution in [3.8, 4) is 0 Å². The van der Waals surface area contributed by atoms with Crippen LogP contribution in [-0.2, 0) is 0 Å². The summed E-state index contributed by atoms with van der Waals surface area (Å²) < 4.78 is 0. The molecule has 2 amide bonds. The molecule has 0 heterocycles. The van der Waals surface area contributed by atoms with E-state index in [1.54, 1.807) is 0 Å².